The highest BCUT2D eigenvalue weighted by atomic mass is 35.5. The molecule has 8 heteroatoms. The molecule has 0 spiro atoms. The molecule has 0 radical (unpaired) electrons. The monoisotopic (exact) mass is 415 g/mol. The number of carbonyl (C=O) groups is 1. The van der Waals surface area contributed by atoms with Crippen molar-refractivity contribution in [2.45, 2.75) is 74.8 Å². The summed E-state index contributed by atoms with van der Waals surface area (Å²) in [6.07, 6.45) is 8.02. The zero-order chi connectivity index (χ0) is 18.6. The van der Waals surface area contributed by atoms with Crippen molar-refractivity contribution in [1.82, 2.24) is 10.0 Å². The summed E-state index contributed by atoms with van der Waals surface area (Å²) in [6.45, 7) is 0.109. The second-order valence-corrected chi connectivity index (χ2v) is 9.23. The average Bonchev–Trinajstić information content (AvgIpc) is 2.63. The number of halogens is 1. The van der Waals surface area contributed by atoms with Crippen LogP contribution < -0.4 is 15.8 Å². The van der Waals surface area contributed by atoms with Gasteiger partial charge in [-0.2, -0.15) is 0 Å². The van der Waals surface area contributed by atoms with Crippen molar-refractivity contribution in [2.75, 3.05) is 6.54 Å². The minimum absolute atomic E-state index is 0. The van der Waals surface area contributed by atoms with E-state index in [1.165, 1.54) is 12.0 Å². The fourth-order valence-corrected chi connectivity index (χ4v) is 4.90. The topological polar surface area (TPSA) is 101 Å². The van der Waals surface area contributed by atoms with Gasteiger partial charge in [-0.25, -0.2) is 13.1 Å². The Morgan fingerprint density at radius 3 is 2.44 bits per heavy atom. The van der Waals surface area contributed by atoms with Crippen molar-refractivity contribution in [3.05, 3.63) is 29.3 Å². The van der Waals surface area contributed by atoms with Crippen LogP contribution in [0.2, 0.25) is 0 Å². The fourth-order valence-electron chi connectivity index (χ4n) is 3.82. The Hall–Kier alpha value is -1.15. The Balaban J connectivity index is 0.00000261. The maximum absolute atomic E-state index is 12.5. The molecule has 2 aliphatic rings. The molecule has 2 aliphatic carbocycles. The molecular formula is C19H30ClN3O3S. The van der Waals surface area contributed by atoms with E-state index in [1.54, 1.807) is 12.1 Å². The van der Waals surface area contributed by atoms with Crippen LogP contribution in [0.25, 0.3) is 0 Å². The molecule has 27 heavy (non-hydrogen) atoms. The molecule has 6 nitrogen and oxygen atoms in total. The minimum atomic E-state index is -3.58. The molecule has 1 saturated carbocycles. The summed E-state index contributed by atoms with van der Waals surface area (Å²) in [5, 5.41) is 2.98. The van der Waals surface area contributed by atoms with Crippen LogP contribution >= 0.6 is 12.4 Å². The zero-order valence-corrected chi connectivity index (χ0v) is 17.2. The van der Waals surface area contributed by atoms with Gasteiger partial charge in [-0.1, -0.05) is 6.07 Å². The van der Waals surface area contributed by atoms with Crippen LogP contribution in [0.5, 0.6) is 0 Å². The number of nitrogens with two attached hydrogens (primary N) is 1. The highest BCUT2D eigenvalue weighted by Crippen LogP contribution is 2.24. The molecule has 1 aromatic rings. The summed E-state index contributed by atoms with van der Waals surface area (Å²) >= 11 is 0. The molecule has 4 N–H and O–H groups in total. The lowest BCUT2D eigenvalue weighted by atomic mass is 9.92. The van der Waals surface area contributed by atoms with Crippen LogP contribution in [-0.4, -0.2) is 33.0 Å². The molecule has 0 bridgehead atoms. The molecule has 3 rings (SSSR count). The van der Waals surface area contributed by atoms with Crippen molar-refractivity contribution < 1.29 is 13.2 Å². The van der Waals surface area contributed by atoms with Crippen molar-refractivity contribution >= 4 is 28.3 Å². The van der Waals surface area contributed by atoms with Crippen LogP contribution in [0.15, 0.2) is 23.1 Å². The Bertz CT molecular complexity index is 747. The second-order valence-electron chi connectivity index (χ2n) is 7.46. The molecule has 0 atom stereocenters. The van der Waals surface area contributed by atoms with Gasteiger partial charge in [0.1, 0.15) is 0 Å². The predicted molar refractivity (Wildman–Crippen MR) is 109 cm³/mol. The van der Waals surface area contributed by atoms with Crippen LogP contribution in [0.1, 0.15) is 56.1 Å². The van der Waals surface area contributed by atoms with E-state index in [4.69, 9.17) is 5.73 Å². The van der Waals surface area contributed by atoms with Crippen LogP contribution in [0, 0.1) is 0 Å². The molecule has 1 aromatic carbocycles. The maximum atomic E-state index is 12.5. The number of rotatable bonds is 6. The number of carbonyl (C=O) groups excluding carboxylic acids is 1. The number of amides is 1. The van der Waals surface area contributed by atoms with Crippen molar-refractivity contribution in [1.29, 1.82) is 0 Å². The van der Waals surface area contributed by atoms with Gasteiger partial charge in [-0.15, -0.1) is 12.4 Å². The summed E-state index contributed by atoms with van der Waals surface area (Å²) in [4.78, 5) is 12.3. The molecule has 0 unspecified atom stereocenters. The third-order valence-corrected chi connectivity index (χ3v) is 6.87. The predicted octanol–water partition coefficient (Wildman–Crippen LogP) is 2.04. The zero-order valence-electron chi connectivity index (χ0n) is 15.6. The molecule has 0 aliphatic heterocycles. The number of aryl methyl sites for hydroxylation is 2. The first-order valence-corrected chi connectivity index (χ1v) is 11.1. The van der Waals surface area contributed by atoms with Crippen LogP contribution in [0.4, 0.5) is 0 Å². The first kappa shape index (κ1) is 22.1. The number of fused-ring (bicyclic) bond motifs is 1. The summed E-state index contributed by atoms with van der Waals surface area (Å²) in [7, 11) is -3.58. The van der Waals surface area contributed by atoms with Gasteiger partial charge in [0.15, 0.2) is 0 Å². The highest BCUT2D eigenvalue weighted by molar-refractivity contribution is 7.89. The standard InChI is InChI=1S/C19H29N3O3S.ClH/c20-16-6-8-17(9-7-16)22-19(23)11-12-21-26(24,25)18-10-5-14-3-1-2-4-15(14)13-18;/h5,10,13,16-17,21H,1-4,6-9,11-12,20H2,(H,22,23);1H. The molecule has 0 aromatic heterocycles. The lowest BCUT2D eigenvalue weighted by Crippen LogP contribution is -2.41. The van der Waals surface area contributed by atoms with Gasteiger partial charge < -0.3 is 11.1 Å². The normalized spacial score (nSPS) is 22.4. The first-order chi connectivity index (χ1) is 12.4. The Kier molecular flexibility index (Phi) is 8.09. The number of nitrogens with one attached hydrogen (secondary N) is 2. The third kappa shape index (κ3) is 6.17. The van der Waals surface area contributed by atoms with E-state index in [0.717, 1.165) is 50.5 Å². The number of hydrogen-bond acceptors (Lipinski definition) is 4. The van der Waals surface area contributed by atoms with E-state index in [1.807, 2.05) is 6.07 Å². The number of benzene rings is 1. The SMILES string of the molecule is Cl.NC1CCC(NC(=O)CCNS(=O)(=O)c2ccc3c(c2)CCCC3)CC1. The second kappa shape index (κ2) is 9.87. The van der Waals surface area contributed by atoms with E-state index in [9.17, 15) is 13.2 Å². The average molecular weight is 416 g/mol. The quantitative estimate of drug-likeness (QED) is 0.661. The molecular weight excluding hydrogens is 386 g/mol. The van der Waals surface area contributed by atoms with Gasteiger partial charge in [-0.3, -0.25) is 4.79 Å². The van der Waals surface area contributed by atoms with E-state index in [0.29, 0.717) is 4.90 Å². The maximum Gasteiger partial charge on any atom is 0.240 e. The van der Waals surface area contributed by atoms with Crippen molar-refractivity contribution in [3.8, 4) is 0 Å². The number of sulfonamides is 1. The smallest absolute Gasteiger partial charge is 0.240 e. The van der Waals surface area contributed by atoms with Gasteiger partial charge in [0.05, 0.1) is 4.90 Å². The van der Waals surface area contributed by atoms with Crippen molar-refractivity contribution in [2.24, 2.45) is 5.73 Å². The van der Waals surface area contributed by atoms with E-state index in [2.05, 4.69) is 10.0 Å². The first-order valence-electron chi connectivity index (χ1n) is 9.60. The largest absolute Gasteiger partial charge is 0.353 e. The molecule has 1 fully saturated rings. The van der Waals surface area contributed by atoms with Gasteiger partial charge >= 0.3 is 0 Å². The molecule has 0 saturated heterocycles. The summed E-state index contributed by atoms with van der Waals surface area (Å²) in [6, 6.07) is 5.77. The van der Waals surface area contributed by atoms with Crippen molar-refractivity contribution in [3.63, 3.8) is 0 Å². The lowest BCUT2D eigenvalue weighted by molar-refractivity contribution is -0.121. The number of hydrogen-bond donors (Lipinski definition) is 3. The van der Waals surface area contributed by atoms with E-state index >= 15 is 0 Å². The summed E-state index contributed by atoms with van der Waals surface area (Å²) in [5.74, 6) is -0.112. The Morgan fingerprint density at radius 2 is 1.74 bits per heavy atom. The Labute approximate surface area is 168 Å². The lowest BCUT2D eigenvalue weighted by Gasteiger charge is -2.26. The minimum Gasteiger partial charge on any atom is -0.353 e. The molecule has 152 valence electrons. The summed E-state index contributed by atoms with van der Waals surface area (Å²) in [5.41, 5.74) is 8.25. The van der Waals surface area contributed by atoms with E-state index in [-0.39, 0.29) is 43.4 Å². The van der Waals surface area contributed by atoms with Gasteiger partial charge in [0, 0.05) is 25.0 Å². The van der Waals surface area contributed by atoms with Crippen LogP contribution in [-0.2, 0) is 27.7 Å². The molecule has 0 heterocycles. The van der Waals surface area contributed by atoms with Gasteiger partial charge in [0.2, 0.25) is 15.9 Å². The highest BCUT2D eigenvalue weighted by Gasteiger charge is 2.21. The van der Waals surface area contributed by atoms with Gasteiger partial charge in [-0.05, 0) is 74.6 Å². The fraction of sp³-hybridized carbons (Fsp3) is 0.632. The van der Waals surface area contributed by atoms with Gasteiger partial charge in [0.25, 0.3) is 0 Å². The summed E-state index contributed by atoms with van der Waals surface area (Å²) < 4.78 is 27.5. The molecule has 1 amide bonds. The van der Waals surface area contributed by atoms with E-state index < -0.39 is 10.0 Å². The van der Waals surface area contributed by atoms with Crippen LogP contribution in [0.3, 0.4) is 0 Å². The third-order valence-electron chi connectivity index (χ3n) is 5.41. The Morgan fingerprint density at radius 1 is 1.07 bits per heavy atom.